The molecule has 0 saturated carbocycles. The number of allylic oxidation sites excluding steroid dienone is 3. The molecule has 1 atom stereocenters. The summed E-state index contributed by atoms with van der Waals surface area (Å²) < 4.78 is 10.6. The summed E-state index contributed by atoms with van der Waals surface area (Å²) in [5.41, 5.74) is 0. The first-order valence-electron chi connectivity index (χ1n) is 7.03. The quantitative estimate of drug-likeness (QED) is 0.357. The number of thioether (sulfide) groups is 1. The van der Waals surface area contributed by atoms with Crippen LogP contribution in [-0.4, -0.2) is 18.2 Å². The molecule has 0 aromatic carbocycles. The summed E-state index contributed by atoms with van der Waals surface area (Å²) in [6.45, 7) is 3.88. The molecule has 4 heteroatoms. The Morgan fingerprint density at radius 3 is 2.95 bits per heavy atom. The maximum Gasteiger partial charge on any atom is 0.308 e. The van der Waals surface area contributed by atoms with Crippen LogP contribution in [-0.2, 0) is 14.3 Å². The molecule has 0 amide bonds. The number of esters is 1. The Kier molecular flexibility index (Phi) is 8.67. The van der Waals surface area contributed by atoms with Crippen LogP contribution in [0.4, 0.5) is 0 Å². The van der Waals surface area contributed by atoms with E-state index in [9.17, 15) is 4.79 Å². The van der Waals surface area contributed by atoms with E-state index in [2.05, 4.69) is 25.2 Å². The summed E-state index contributed by atoms with van der Waals surface area (Å²) in [6, 6.07) is 0. The molecule has 0 spiro atoms. The zero-order valence-corrected chi connectivity index (χ0v) is 12.7. The second-order valence-electron chi connectivity index (χ2n) is 4.53. The van der Waals surface area contributed by atoms with Crippen LogP contribution >= 0.6 is 11.8 Å². The van der Waals surface area contributed by atoms with E-state index >= 15 is 0 Å². The van der Waals surface area contributed by atoms with Crippen molar-refractivity contribution >= 4 is 17.7 Å². The molecule has 1 rings (SSSR count). The zero-order valence-electron chi connectivity index (χ0n) is 11.9. The van der Waals surface area contributed by atoms with E-state index in [4.69, 9.17) is 9.47 Å². The Balaban J connectivity index is 2.06. The molecule has 0 aromatic heterocycles. The molecule has 108 valence electrons. The van der Waals surface area contributed by atoms with Crippen LogP contribution in [0.1, 0.15) is 52.4 Å². The molecule has 3 nitrogen and oxygen atoms in total. The van der Waals surface area contributed by atoms with E-state index in [1.165, 1.54) is 4.91 Å². The van der Waals surface area contributed by atoms with Crippen molar-refractivity contribution in [1.82, 2.24) is 0 Å². The number of ether oxygens (including phenoxy) is 2. The summed E-state index contributed by atoms with van der Waals surface area (Å²) in [5, 5.41) is 0. The summed E-state index contributed by atoms with van der Waals surface area (Å²) >= 11 is 1.64. The number of hydrogen-bond donors (Lipinski definition) is 0. The van der Waals surface area contributed by atoms with E-state index in [1.807, 2.05) is 0 Å². The minimum Gasteiger partial charge on any atom is -0.436 e. The van der Waals surface area contributed by atoms with Crippen molar-refractivity contribution in [2.45, 2.75) is 58.7 Å². The van der Waals surface area contributed by atoms with Crippen molar-refractivity contribution in [1.29, 1.82) is 0 Å². The molecule has 0 fully saturated rings. The molecule has 0 N–H and O–H groups in total. The lowest BCUT2D eigenvalue weighted by Crippen LogP contribution is -2.17. The third-order valence-corrected chi connectivity index (χ3v) is 3.66. The van der Waals surface area contributed by atoms with Gasteiger partial charge in [-0.05, 0) is 26.2 Å². The first-order valence-corrected chi connectivity index (χ1v) is 8.01. The monoisotopic (exact) mass is 284 g/mol. The third-order valence-electron chi connectivity index (χ3n) is 2.77. The van der Waals surface area contributed by atoms with Gasteiger partial charge in [-0.15, -0.1) is 0 Å². The van der Waals surface area contributed by atoms with Gasteiger partial charge < -0.3 is 9.47 Å². The number of carbonyl (C=O) groups is 1. The first-order chi connectivity index (χ1) is 9.22. The lowest BCUT2D eigenvalue weighted by molar-refractivity contribution is -0.171. The molecule has 0 heterocycles. The predicted molar refractivity (Wildman–Crippen MR) is 79.7 cm³/mol. The molecule has 0 radical (unpaired) electrons. The fourth-order valence-corrected chi connectivity index (χ4v) is 2.52. The SMILES string of the molecule is CCCCCC(=O)OC(C)OCSC1=CCCC=C1. The van der Waals surface area contributed by atoms with Crippen LogP contribution < -0.4 is 0 Å². The highest BCUT2D eigenvalue weighted by Gasteiger charge is 2.09. The molecule has 1 aliphatic carbocycles. The predicted octanol–water partition coefficient (Wildman–Crippen LogP) is 4.40. The van der Waals surface area contributed by atoms with Gasteiger partial charge in [0, 0.05) is 11.3 Å². The van der Waals surface area contributed by atoms with Gasteiger partial charge >= 0.3 is 5.97 Å². The van der Waals surface area contributed by atoms with E-state index in [0.29, 0.717) is 12.4 Å². The Morgan fingerprint density at radius 1 is 1.42 bits per heavy atom. The van der Waals surface area contributed by atoms with E-state index in [1.54, 1.807) is 18.7 Å². The Hall–Kier alpha value is -0.740. The number of carbonyl (C=O) groups excluding carboxylic acids is 1. The van der Waals surface area contributed by atoms with Crippen molar-refractivity contribution in [2.24, 2.45) is 0 Å². The van der Waals surface area contributed by atoms with Gasteiger partial charge in [-0.25, -0.2) is 0 Å². The molecule has 0 saturated heterocycles. The standard InChI is InChI=1S/C15H24O3S/c1-3-4-6-11-15(16)18-13(2)17-12-19-14-9-7-5-8-10-14/h7,9-10,13H,3-6,8,11-12H2,1-2H3. The highest BCUT2D eigenvalue weighted by atomic mass is 32.2. The van der Waals surface area contributed by atoms with Crippen molar-refractivity contribution in [3.8, 4) is 0 Å². The fourth-order valence-electron chi connectivity index (χ4n) is 1.69. The smallest absolute Gasteiger partial charge is 0.308 e. The van der Waals surface area contributed by atoms with Crippen LogP contribution in [0.25, 0.3) is 0 Å². The summed E-state index contributed by atoms with van der Waals surface area (Å²) in [4.78, 5) is 12.7. The highest BCUT2D eigenvalue weighted by Crippen LogP contribution is 2.22. The van der Waals surface area contributed by atoms with Gasteiger partial charge in [-0.3, -0.25) is 4.79 Å². The molecular formula is C15H24O3S. The molecular weight excluding hydrogens is 260 g/mol. The fraction of sp³-hybridized carbons (Fsp3) is 0.667. The Bertz CT molecular complexity index is 323. The van der Waals surface area contributed by atoms with Gasteiger partial charge in [0.1, 0.15) is 5.94 Å². The number of hydrogen-bond acceptors (Lipinski definition) is 4. The first kappa shape index (κ1) is 16.3. The van der Waals surface area contributed by atoms with Crippen molar-refractivity contribution in [3.63, 3.8) is 0 Å². The molecule has 0 bridgehead atoms. The Morgan fingerprint density at radius 2 is 2.26 bits per heavy atom. The van der Waals surface area contributed by atoms with Gasteiger partial charge in [0.2, 0.25) is 6.29 Å². The van der Waals surface area contributed by atoms with Gasteiger partial charge in [0.25, 0.3) is 0 Å². The van der Waals surface area contributed by atoms with E-state index < -0.39 is 6.29 Å². The van der Waals surface area contributed by atoms with Crippen LogP contribution in [0.5, 0.6) is 0 Å². The largest absolute Gasteiger partial charge is 0.436 e. The minimum absolute atomic E-state index is 0.164. The van der Waals surface area contributed by atoms with Crippen LogP contribution in [0.3, 0.4) is 0 Å². The molecule has 19 heavy (non-hydrogen) atoms. The Labute approximate surface area is 120 Å². The second kappa shape index (κ2) is 10.1. The van der Waals surface area contributed by atoms with Gasteiger partial charge in [-0.2, -0.15) is 0 Å². The maximum atomic E-state index is 11.5. The van der Waals surface area contributed by atoms with E-state index in [0.717, 1.165) is 32.1 Å². The number of rotatable bonds is 9. The third kappa shape index (κ3) is 8.11. The summed E-state index contributed by atoms with van der Waals surface area (Å²) in [5.74, 6) is 0.349. The normalized spacial score (nSPS) is 16.0. The summed E-state index contributed by atoms with van der Waals surface area (Å²) in [6.07, 6.45) is 11.8. The van der Waals surface area contributed by atoms with Crippen LogP contribution in [0.2, 0.25) is 0 Å². The zero-order chi connectivity index (χ0) is 13.9. The lowest BCUT2D eigenvalue weighted by atomic mass is 10.2. The minimum atomic E-state index is -0.463. The van der Waals surface area contributed by atoms with Crippen LogP contribution in [0, 0.1) is 0 Å². The van der Waals surface area contributed by atoms with Crippen molar-refractivity contribution < 1.29 is 14.3 Å². The second-order valence-corrected chi connectivity index (χ2v) is 5.53. The lowest BCUT2D eigenvalue weighted by Gasteiger charge is -2.14. The highest BCUT2D eigenvalue weighted by molar-refractivity contribution is 8.03. The topological polar surface area (TPSA) is 35.5 Å². The van der Waals surface area contributed by atoms with Crippen molar-refractivity contribution in [2.75, 3.05) is 5.94 Å². The van der Waals surface area contributed by atoms with Crippen molar-refractivity contribution in [3.05, 3.63) is 23.1 Å². The van der Waals surface area contributed by atoms with Gasteiger partial charge in [0.15, 0.2) is 0 Å². The number of unbranched alkanes of at least 4 members (excludes halogenated alkanes) is 2. The molecule has 0 aliphatic heterocycles. The summed E-state index contributed by atoms with van der Waals surface area (Å²) in [7, 11) is 0. The molecule has 0 aromatic rings. The molecule has 1 aliphatic rings. The van der Waals surface area contributed by atoms with Gasteiger partial charge in [-0.1, -0.05) is 49.8 Å². The average Bonchev–Trinajstić information content (AvgIpc) is 2.40. The molecule has 1 unspecified atom stereocenters. The van der Waals surface area contributed by atoms with Gasteiger partial charge in [0.05, 0.1) is 0 Å². The maximum absolute atomic E-state index is 11.5. The van der Waals surface area contributed by atoms with Crippen LogP contribution in [0.15, 0.2) is 23.1 Å². The average molecular weight is 284 g/mol. The van der Waals surface area contributed by atoms with E-state index in [-0.39, 0.29) is 5.97 Å².